The van der Waals surface area contributed by atoms with Gasteiger partial charge in [-0.1, -0.05) is 36.4 Å². The molecule has 3 aromatic rings. The number of anilines is 1. The largest absolute Gasteiger partial charge is 0.489 e. The Balaban J connectivity index is 1.47. The van der Waals surface area contributed by atoms with Crippen molar-refractivity contribution in [1.82, 2.24) is 0 Å². The van der Waals surface area contributed by atoms with Crippen LogP contribution in [-0.4, -0.2) is 19.1 Å². The molecule has 6 heteroatoms. The van der Waals surface area contributed by atoms with Gasteiger partial charge in [-0.25, -0.2) is 4.85 Å². The van der Waals surface area contributed by atoms with Crippen LogP contribution in [0.15, 0.2) is 66.7 Å². The van der Waals surface area contributed by atoms with Crippen molar-refractivity contribution >= 4 is 17.3 Å². The minimum atomic E-state index is -0.0130. The second-order valence-electron chi connectivity index (χ2n) is 7.06. The number of ether oxygens (including phenoxy) is 2. The number of nitrogens with zero attached hydrogens (tertiary/aromatic N) is 3. The number of nitriles is 1. The molecule has 3 aromatic carbocycles. The fraction of sp³-hybridized carbons (Fsp3) is 0.160. The topological polar surface area (TPSA) is 66.9 Å². The lowest BCUT2D eigenvalue weighted by atomic mass is 10.1. The third kappa shape index (κ3) is 4.66. The average Bonchev–Trinajstić information content (AvgIpc) is 2.80. The number of hydrogen-bond donors (Lipinski definition) is 0. The van der Waals surface area contributed by atoms with Gasteiger partial charge in [-0.3, -0.25) is 4.79 Å². The summed E-state index contributed by atoms with van der Waals surface area (Å²) in [5.41, 5.74) is 3.11. The molecule has 0 N–H and O–H groups in total. The SMILES string of the molecule is [C-]#[N+]c1ccc(Oc2ccc3c(c2)OCCN3C(=O)Cc2ccc(CC#N)cc2)cc1. The van der Waals surface area contributed by atoms with Crippen molar-refractivity contribution in [3.05, 3.63) is 89.3 Å². The van der Waals surface area contributed by atoms with Crippen LogP contribution in [0.5, 0.6) is 17.2 Å². The molecule has 0 saturated carbocycles. The normalized spacial score (nSPS) is 12.1. The maximum Gasteiger partial charge on any atom is 0.231 e. The molecule has 0 atom stereocenters. The van der Waals surface area contributed by atoms with E-state index in [1.165, 1.54) is 0 Å². The summed E-state index contributed by atoms with van der Waals surface area (Å²) >= 11 is 0. The number of fused-ring (bicyclic) bond motifs is 1. The highest BCUT2D eigenvalue weighted by atomic mass is 16.5. The van der Waals surface area contributed by atoms with Gasteiger partial charge < -0.3 is 14.4 Å². The Hall–Kier alpha value is -4.29. The van der Waals surface area contributed by atoms with E-state index in [0.717, 1.165) is 11.1 Å². The summed E-state index contributed by atoms with van der Waals surface area (Å²) in [7, 11) is 0. The number of hydrogen-bond acceptors (Lipinski definition) is 4. The molecule has 0 unspecified atom stereocenters. The van der Waals surface area contributed by atoms with Crippen molar-refractivity contribution in [3.8, 4) is 23.3 Å². The summed E-state index contributed by atoms with van der Waals surface area (Å²) in [5, 5.41) is 8.78. The minimum Gasteiger partial charge on any atom is -0.489 e. The van der Waals surface area contributed by atoms with Crippen LogP contribution in [0.25, 0.3) is 4.85 Å². The molecule has 1 heterocycles. The van der Waals surface area contributed by atoms with Crippen LogP contribution in [0.4, 0.5) is 11.4 Å². The van der Waals surface area contributed by atoms with Gasteiger partial charge in [-0.05, 0) is 35.4 Å². The quantitative estimate of drug-likeness (QED) is 0.552. The average molecular weight is 409 g/mol. The van der Waals surface area contributed by atoms with Crippen LogP contribution in [0.3, 0.4) is 0 Å². The molecule has 0 aromatic heterocycles. The van der Waals surface area contributed by atoms with E-state index in [1.807, 2.05) is 30.3 Å². The minimum absolute atomic E-state index is 0.0130. The van der Waals surface area contributed by atoms with Crippen molar-refractivity contribution in [1.29, 1.82) is 5.26 Å². The van der Waals surface area contributed by atoms with Crippen LogP contribution in [-0.2, 0) is 17.6 Å². The predicted molar refractivity (Wildman–Crippen MR) is 117 cm³/mol. The van der Waals surface area contributed by atoms with E-state index < -0.39 is 0 Å². The number of carbonyl (C=O) groups excluding carboxylic acids is 1. The van der Waals surface area contributed by atoms with Gasteiger partial charge in [0.15, 0.2) is 5.69 Å². The molecule has 1 aliphatic heterocycles. The molecule has 1 amide bonds. The van der Waals surface area contributed by atoms with E-state index in [1.54, 1.807) is 41.3 Å². The summed E-state index contributed by atoms with van der Waals surface area (Å²) in [6.45, 7) is 7.90. The van der Waals surface area contributed by atoms with Crippen molar-refractivity contribution in [2.75, 3.05) is 18.1 Å². The first kappa shape index (κ1) is 20.0. The first-order valence-electron chi connectivity index (χ1n) is 9.83. The van der Waals surface area contributed by atoms with Gasteiger partial charge in [0, 0.05) is 6.07 Å². The van der Waals surface area contributed by atoms with E-state index in [0.29, 0.717) is 48.2 Å². The van der Waals surface area contributed by atoms with Gasteiger partial charge in [-0.2, -0.15) is 5.26 Å². The number of amides is 1. The molecule has 0 spiro atoms. The standard InChI is InChI=1S/C25H19N3O3/c1-27-20-6-8-21(9-7-20)31-22-10-11-23-24(17-22)30-15-14-28(23)25(29)16-19-4-2-18(3-5-19)12-13-26/h2-11,17H,12,14-16H2. The number of carbonyl (C=O) groups is 1. The Morgan fingerprint density at radius 3 is 2.48 bits per heavy atom. The Kier molecular flexibility index (Phi) is 5.82. The summed E-state index contributed by atoms with van der Waals surface area (Å²) in [6, 6.07) is 21.9. The molecule has 0 saturated heterocycles. The lowest BCUT2D eigenvalue weighted by molar-refractivity contribution is -0.118. The van der Waals surface area contributed by atoms with Crippen LogP contribution in [0, 0.1) is 17.9 Å². The van der Waals surface area contributed by atoms with Crippen molar-refractivity contribution in [2.45, 2.75) is 12.8 Å². The molecule has 0 radical (unpaired) electrons. The van der Waals surface area contributed by atoms with Gasteiger partial charge in [0.05, 0.1) is 37.7 Å². The van der Waals surface area contributed by atoms with E-state index in [-0.39, 0.29) is 12.3 Å². The Labute approximate surface area is 180 Å². The molecule has 6 nitrogen and oxygen atoms in total. The van der Waals surface area contributed by atoms with Gasteiger partial charge in [0.2, 0.25) is 5.91 Å². The van der Waals surface area contributed by atoms with Crippen LogP contribution in [0.2, 0.25) is 0 Å². The number of rotatable bonds is 5. The molecule has 0 aliphatic carbocycles. The first-order chi connectivity index (χ1) is 15.2. The summed E-state index contributed by atoms with van der Waals surface area (Å²) in [6.07, 6.45) is 0.636. The van der Waals surface area contributed by atoms with Gasteiger partial charge in [0.25, 0.3) is 0 Å². The van der Waals surface area contributed by atoms with Gasteiger partial charge in [0.1, 0.15) is 23.9 Å². The lowest BCUT2D eigenvalue weighted by Gasteiger charge is -2.30. The monoisotopic (exact) mass is 409 g/mol. The smallest absolute Gasteiger partial charge is 0.231 e. The highest BCUT2D eigenvalue weighted by Crippen LogP contribution is 2.37. The van der Waals surface area contributed by atoms with E-state index in [4.69, 9.17) is 21.3 Å². The third-order valence-electron chi connectivity index (χ3n) is 4.96. The molecule has 0 fully saturated rings. The molecular formula is C25H19N3O3. The zero-order valence-electron chi connectivity index (χ0n) is 16.7. The first-order valence-corrected chi connectivity index (χ1v) is 9.83. The maximum atomic E-state index is 12.9. The molecular weight excluding hydrogens is 390 g/mol. The van der Waals surface area contributed by atoms with Crippen LogP contribution < -0.4 is 14.4 Å². The van der Waals surface area contributed by atoms with Crippen LogP contribution in [0.1, 0.15) is 11.1 Å². The summed E-state index contributed by atoms with van der Waals surface area (Å²) < 4.78 is 11.6. The highest BCUT2D eigenvalue weighted by Gasteiger charge is 2.24. The fourth-order valence-corrected chi connectivity index (χ4v) is 3.38. The molecule has 1 aliphatic rings. The van der Waals surface area contributed by atoms with Crippen LogP contribution >= 0.6 is 0 Å². The Bertz CT molecular complexity index is 1170. The third-order valence-corrected chi connectivity index (χ3v) is 4.96. The van der Waals surface area contributed by atoms with E-state index in [9.17, 15) is 4.79 Å². The predicted octanol–water partition coefficient (Wildman–Crippen LogP) is 5.06. The molecule has 152 valence electrons. The van der Waals surface area contributed by atoms with Crippen molar-refractivity contribution in [2.24, 2.45) is 0 Å². The fourth-order valence-electron chi connectivity index (χ4n) is 3.38. The van der Waals surface area contributed by atoms with E-state index in [2.05, 4.69) is 10.9 Å². The number of benzene rings is 3. The maximum absolute atomic E-state index is 12.9. The Morgan fingerprint density at radius 1 is 1.06 bits per heavy atom. The summed E-state index contributed by atoms with van der Waals surface area (Å²) in [4.78, 5) is 18.0. The van der Waals surface area contributed by atoms with Gasteiger partial charge in [-0.15, -0.1) is 0 Å². The zero-order chi connectivity index (χ0) is 21.6. The van der Waals surface area contributed by atoms with Crippen molar-refractivity contribution in [3.63, 3.8) is 0 Å². The van der Waals surface area contributed by atoms with E-state index >= 15 is 0 Å². The molecule has 31 heavy (non-hydrogen) atoms. The zero-order valence-corrected chi connectivity index (χ0v) is 16.7. The van der Waals surface area contributed by atoms with Gasteiger partial charge >= 0.3 is 0 Å². The molecule has 4 rings (SSSR count). The van der Waals surface area contributed by atoms with Crippen molar-refractivity contribution < 1.29 is 14.3 Å². The lowest BCUT2D eigenvalue weighted by Crippen LogP contribution is -2.38. The highest BCUT2D eigenvalue weighted by molar-refractivity contribution is 5.96. The second kappa shape index (κ2) is 9.02. The molecule has 0 bridgehead atoms. The second-order valence-corrected chi connectivity index (χ2v) is 7.06. The summed E-state index contributed by atoms with van der Waals surface area (Å²) in [5.74, 6) is 1.80. The Morgan fingerprint density at radius 2 is 1.77 bits per heavy atom.